The van der Waals surface area contributed by atoms with E-state index in [0.717, 1.165) is 5.57 Å². The van der Waals surface area contributed by atoms with Gasteiger partial charge in [-0.25, -0.2) is 8.42 Å². The zero-order valence-electron chi connectivity index (χ0n) is 9.01. The third-order valence-corrected chi connectivity index (χ3v) is 4.58. The molecule has 0 fully saturated rings. The Morgan fingerprint density at radius 1 is 1.46 bits per heavy atom. The normalized spacial score (nSPS) is 15.5. The smallest absolute Gasteiger partial charge is 0.154 e. The van der Waals surface area contributed by atoms with Crippen molar-refractivity contribution in [3.63, 3.8) is 0 Å². The topological polar surface area (TPSA) is 46.2 Å². The zero-order valence-corrected chi connectivity index (χ0v) is 9.83. The van der Waals surface area contributed by atoms with E-state index in [1.54, 1.807) is 20.9 Å². The summed E-state index contributed by atoms with van der Waals surface area (Å²) in [6.07, 6.45) is 1.25. The molecule has 0 aliphatic carbocycles. The molecule has 13 heavy (non-hydrogen) atoms. The summed E-state index contributed by atoms with van der Waals surface area (Å²) in [6.45, 7) is 9.02. The van der Waals surface area contributed by atoms with Crippen molar-refractivity contribution in [3.8, 4) is 0 Å². The largest absolute Gasteiger partial charge is 0.312 e. The fourth-order valence-electron chi connectivity index (χ4n) is 1.40. The summed E-state index contributed by atoms with van der Waals surface area (Å²) >= 11 is 0. The van der Waals surface area contributed by atoms with Crippen LogP contribution in [-0.2, 0) is 9.84 Å². The summed E-state index contributed by atoms with van der Waals surface area (Å²) in [6, 6.07) is -0.206. The molecule has 0 spiro atoms. The monoisotopic (exact) mass is 205 g/mol. The van der Waals surface area contributed by atoms with Crippen molar-refractivity contribution in [3.05, 3.63) is 12.2 Å². The van der Waals surface area contributed by atoms with Crippen LogP contribution in [0.1, 0.15) is 20.8 Å². The fraction of sp³-hybridized carbons (Fsp3) is 0.778. The van der Waals surface area contributed by atoms with Crippen molar-refractivity contribution in [2.24, 2.45) is 0 Å². The van der Waals surface area contributed by atoms with Gasteiger partial charge in [-0.05, 0) is 27.8 Å². The minimum Gasteiger partial charge on any atom is -0.312 e. The maximum absolute atomic E-state index is 11.5. The first kappa shape index (κ1) is 12.7. The maximum atomic E-state index is 11.5. The lowest BCUT2D eigenvalue weighted by Crippen LogP contribution is -2.50. The Bertz CT molecular complexity index is 291. The molecule has 0 saturated heterocycles. The number of hydrogen-bond donors (Lipinski definition) is 1. The second kappa shape index (κ2) is 3.80. The molecule has 0 rings (SSSR count). The Morgan fingerprint density at radius 2 is 1.85 bits per heavy atom. The minimum absolute atomic E-state index is 0.206. The number of nitrogens with one attached hydrogen (secondary N) is 1. The van der Waals surface area contributed by atoms with E-state index in [0.29, 0.717) is 0 Å². The van der Waals surface area contributed by atoms with E-state index in [2.05, 4.69) is 11.9 Å². The SMILES string of the molecule is C=C(C)C(NC)C(C)(C)S(C)(=O)=O. The van der Waals surface area contributed by atoms with Gasteiger partial charge >= 0.3 is 0 Å². The van der Waals surface area contributed by atoms with Crippen LogP contribution in [0.15, 0.2) is 12.2 Å². The molecule has 1 unspecified atom stereocenters. The molecular formula is C9H19NO2S. The molecule has 0 saturated carbocycles. The van der Waals surface area contributed by atoms with Crippen molar-refractivity contribution in [1.82, 2.24) is 5.32 Å². The van der Waals surface area contributed by atoms with E-state index in [4.69, 9.17) is 0 Å². The summed E-state index contributed by atoms with van der Waals surface area (Å²) in [7, 11) is -1.34. The van der Waals surface area contributed by atoms with Gasteiger partial charge in [0.05, 0.1) is 4.75 Å². The fourth-order valence-corrected chi connectivity index (χ4v) is 2.15. The summed E-state index contributed by atoms with van der Waals surface area (Å²) in [5, 5.41) is 2.97. The van der Waals surface area contributed by atoms with Crippen molar-refractivity contribution in [2.45, 2.75) is 31.6 Å². The third kappa shape index (κ3) is 2.54. The van der Waals surface area contributed by atoms with Crippen LogP contribution >= 0.6 is 0 Å². The molecule has 0 aromatic rings. The van der Waals surface area contributed by atoms with E-state index in [-0.39, 0.29) is 6.04 Å². The Kier molecular flexibility index (Phi) is 3.70. The van der Waals surface area contributed by atoms with Gasteiger partial charge in [-0.3, -0.25) is 0 Å². The van der Waals surface area contributed by atoms with Gasteiger partial charge < -0.3 is 5.32 Å². The molecule has 0 aromatic carbocycles. The Hall–Kier alpha value is -0.350. The molecule has 0 aliphatic heterocycles. The van der Waals surface area contributed by atoms with Gasteiger partial charge in [0.15, 0.2) is 9.84 Å². The van der Waals surface area contributed by atoms with Gasteiger partial charge in [0.2, 0.25) is 0 Å². The van der Waals surface area contributed by atoms with Crippen molar-refractivity contribution < 1.29 is 8.42 Å². The summed E-state index contributed by atoms with van der Waals surface area (Å²) in [5.41, 5.74) is 0.831. The van der Waals surface area contributed by atoms with Crippen LogP contribution in [-0.4, -0.2) is 32.5 Å². The van der Waals surface area contributed by atoms with Gasteiger partial charge in [-0.2, -0.15) is 0 Å². The van der Waals surface area contributed by atoms with Gasteiger partial charge in [-0.15, -0.1) is 0 Å². The predicted molar refractivity (Wildman–Crippen MR) is 56.6 cm³/mol. The van der Waals surface area contributed by atoms with E-state index in [9.17, 15) is 8.42 Å². The number of likely N-dealkylation sites (N-methyl/N-ethyl adjacent to an activating group) is 1. The zero-order chi connectivity index (χ0) is 10.9. The maximum Gasteiger partial charge on any atom is 0.154 e. The van der Waals surface area contributed by atoms with Crippen LogP contribution in [0.2, 0.25) is 0 Å². The molecule has 1 N–H and O–H groups in total. The second-order valence-electron chi connectivity index (χ2n) is 3.94. The lowest BCUT2D eigenvalue weighted by molar-refractivity contribution is 0.474. The van der Waals surface area contributed by atoms with Crippen LogP contribution in [0.5, 0.6) is 0 Å². The van der Waals surface area contributed by atoms with Gasteiger partial charge in [0, 0.05) is 12.3 Å². The highest BCUT2D eigenvalue weighted by molar-refractivity contribution is 7.92. The molecule has 0 bridgehead atoms. The third-order valence-electron chi connectivity index (χ3n) is 2.43. The molecule has 0 aromatic heterocycles. The van der Waals surface area contributed by atoms with Crippen molar-refractivity contribution in [2.75, 3.05) is 13.3 Å². The second-order valence-corrected chi connectivity index (χ2v) is 6.54. The van der Waals surface area contributed by atoms with Crippen LogP contribution in [0.3, 0.4) is 0 Å². The molecule has 0 heterocycles. The molecule has 4 heteroatoms. The Balaban J connectivity index is 5.13. The standard InChI is InChI=1S/C9H19NO2S/c1-7(2)8(10-5)9(3,4)13(6,11)12/h8,10H,1H2,2-6H3. The highest BCUT2D eigenvalue weighted by atomic mass is 32.2. The van der Waals surface area contributed by atoms with Crippen LogP contribution in [0, 0.1) is 0 Å². The molecular weight excluding hydrogens is 186 g/mol. The number of hydrogen-bond acceptors (Lipinski definition) is 3. The van der Waals surface area contributed by atoms with Gasteiger partial charge in [0.25, 0.3) is 0 Å². The molecule has 0 amide bonds. The van der Waals surface area contributed by atoms with E-state index in [1.165, 1.54) is 6.26 Å². The summed E-state index contributed by atoms with van der Waals surface area (Å²) in [4.78, 5) is 0. The van der Waals surface area contributed by atoms with E-state index >= 15 is 0 Å². The molecule has 78 valence electrons. The van der Waals surface area contributed by atoms with Crippen molar-refractivity contribution >= 4 is 9.84 Å². The average Bonchev–Trinajstić information content (AvgIpc) is 1.83. The van der Waals surface area contributed by atoms with Crippen LogP contribution < -0.4 is 5.32 Å². The quantitative estimate of drug-likeness (QED) is 0.696. The highest BCUT2D eigenvalue weighted by Crippen LogP contribution is 2.23. The first-order valence-corrected chi connectivity index (χ1v) is 6.06. The molecule has 0 radical (unpaired) electrons. The minimum atomic E-state index is -3.08. The molecule has 3 nitrogen and oxygen atoms in total. The Morgan fingerprint density at radius 3 is 1.92 bits per heavy atom. The van der Waals surface area contributed by atoms with E-state index in [1.807, 2.05) is 6.92 Å². The first-order valence-electron chi connectivity index (χ1n) is 4.17. The van der Waals surface area contributed by atoms with Crippen LogP contribution in [0.25, 0.3) is 0 Å². The average molecular weight is 205 g/mol. The van der Waals surface area contributed by atoms with Crippen LogP contribution in [0.4, 0.5) is 0 Å². The molecule has 1 atom stereocenters. The van der Waals surface area contributed by atoms with Crippen molar-refractivity contribution in [1.29, 1.82) is 0 Å². The Labute approximate surface area is 81.1 Å². The highest BCUT2D eigenvalue weighted by Gasteiger charge is 2.38. The molecule has 0 aliphatic rings. The van der Waals surface area contributed by atoms with Gasteiger partial charge in [-0.1, -0.05) is 12.2 Å². The van der Waals surface area contributed by atoms with Gasteiger partial charge in [0.1, 0.15) is 0 Å². The number of rotatable bonds is 4. The predicted octanol–water partition coefficient (Wildman–Crippen LogP) is 0.974. The van der Waals surface area contributed by atoms with E-state index < -0.39 is 14.6 Å². The first-order chi connectivity index (χ1) is 5.64. The lowest BCUT2D eigenvalue weighted by Gasteiger charge is -2.32. The lowest BCUT2D eigenvalue weighted by atomic mass is 9.97. The summed E-state index contributed by atoms with van der Waals surface area (Å²) in [5.74, 6) is 0. The number of sulfone groups is 1. The summed E-state index contributed by atoms with van der Waals surface area (Å²) < 4.78 is 22.1.